The molecule has 1 fully saturated rings. The fourth-order valence-electron chi connectivity index (χ4n) is 2.33. The van der Waals surface area contributed by atoms with Crippen molar-refractivity contribution < 1.29 is 9.53 Å². The van der Waals surface area contributed by atoms with Crippen LogP contribution in [0.1, 0.15) is 17.9 Å². The number of hydrogen-bond donors (Lipinski definition) is 0. The minimum atomic E-state index is -0.0925. The number of benzene rings is 2. The highest BCUT2D eigenvalue weighted by Crippen LogP contribution is 2.29. The molecule has 1 aliphatic rings. The Morgan fingerprint density at radius 2 is 1.72 bits per heavy atom. The van der Waals surface area contributed by atoms with Crippen molar-refractivity contribution in [3.63, 3.8) is 0 Å². The van der Waals surface area contributed by atoms with E-state index in [0.29, 0.717) is 13.0 Å². The number of carbonyl (C=O) groups is 1. The molecule has 3 rings (SSSR count). The first-order valence-corrected chi connectivity index (χ1v) is 6.14. The zero-order valence-corrected chi connectivity index (χ0v) is 10.0. The van der Waals surface area contributed by atoms with Crippen LogP contribution in [0.4, 0.5) is 0 Å². The number of hydrogen-bond acceptors (Lipinski definition) is 2. The smallest absolute Gasteiger partial charge is 0.306 e. The van der Waals surface area contributed by atoms with E-state index in [0.717, 1.165) is 0 Å². The predicted molar refractivity (Wildman–Crippen MR) is 70.2 cm³/mol. The second-order valence-corrected chi connectivity index (χ2v) is 4.58. The quantitative estimate of drug-likeness (QED) is 0.750. The summed E-state index contributed by atoms with van der Waals surface area (Å²) in [5.41, 5.74) is 3.57. The Kier molecular flexibility index (Phi) is 2.85. The largest absolute Gasteiger partial charge is 0.465 e. The van der Waals surface area contributed by atoms with Crippen molar-refractivity contribution in [3.05, 3.63) is 60.2 Å². The zero-order chi connectivity index (χ0) is 12.4. The van der Waals surface area contributed by atoms with Crippen LogP contribution in [0.3, 0.4) is 0 Å². The summed E-state index contributed by atoms with van der Waals surface area (Å²) >= 11 is 0. The van der Waals surface area contributed by atoms with Crippen LogP contribution < -0.4 is 0 Å². The van der Waals surface area contributed by atoms with Crippen LogP contribution in [-0.4, -0.2) is 12.6 Å². The molecule has 90 valence electrons. The summed E-state index contributed by atoms with van der Waals surface area (Å²) in [7, 11) is 0. The van der Waals surface area contributed by atoms with Crippen LogP contribution in [0, 0.1) is 0 Å². The summed E-state index contributed by atoms with van der Waals surface area (Å²) in [5.74, 6) is 0.117. The molecular formula is C16H14O2. The second-order valence-electron chi connectivity index (χ2n) is 4.58. The van der Waals surface area contributed by atoms with E-state index in [1.165, 1.54) is 16.7 Å². The monoisotopic (exact) mass is 238 g/mol. The first-order valence-electron chi connectivity index (χ1n) is 6.14. The molecule has 0 spiro atoms. The summed E-state index contributed by atoms with van der Waals surface area (Å²) in [6, 6.07) is 18.6. The van der Waals surface area contributed by atoms with E-state index >= 15 is 0 Å². The van der Waals surface area contributed by atoms with Crippen molar-refractivity contribution in [1.29, 1.82) is 0 Å². The Labute approximate surface area is 106 Å². The number of rotatable bonds is 2. The van der Waals surface area contributed by atoms with E-state index in [4.69, 9.17) is 4.74 Å². The Bertz CT molecular complexity index is 560. The Morgan fingerprint density at radius 1 is 0.944 bits per heavy atom. The Morgan fingerprint density at radius 3 is 2.44 bits per heavy atom. The van der Waals surface area contributed by atoms with Gasteiger partial charge >= 0.3 is 5.97 Å². The highest BCUT2D eigenvalue weighted by molar-refractivity contribution is 5.73. The van der Waals surface area contributed by atoms with Crippen LogP contribution in [0.5, 0.6) is 0 Å². The van der Waals surface area contributed by atoms with Gasteiger partial charge in [-0.3, -0.25) is 4.79 Å². The summed E-state index contributed by atoms with van der Waals surface area (Å²) in [6.45, 7) is 0.511. The molecule has 1 heterocycles. The van der Waals surface area contributed by atoms with Gasteiger partial charge in [-0.05, 0) is 16.7 Å². The summed E-state index contributed by atoms with van der Waals surface area (Å²) in [5, 5.41) is 0. The van der Waals surface area contributed by atoms with Gasteiger partial charge in [-0.1, -0.05) is 54.6 Å². The fraction of sp³-hybridized carbons (Fsp3) is 0.188. The molecule has 2 nitrogen and oxygen atoms in total. The van der Waals surface area contributed by atoms with E-state index in [2.05, 4.69) is 30.3 Å². The van der Waals surface area contributed by atoms with Gasteiger partial charge in [0.15, 0.2) is 0 Å². The molecule has 0 aromatic heterocycles. The molecule has 1 aliphatic heterocycles. The van der Waals surface area contributed by atoms with Crippen LogP contribution in [0.15, 0.2) is 54.6 Å². The zero-order valence-electron chi connectivity index (χ0n) is 10.0. The molecule has 0 saturated carbocycles. The van der Waals surface area contributed by atoms with E-state index in [1.807, 2.05) is 24.3 Å². The summed E-state index contributed by atoms with van der Waals surface area (Å²) in [6.07, 6.45) is 0.498. The van der Waals surface area contributed by atoms with Gasteiger partial charge in [0.05, 0.1) is 13.0 Å². The molecule has 0 radical (unpaired) electrons. The molecule has 1 atom stereocenters. The molecule has 0 N–H and O–H groups in total. The molecule has 0 bridgehead atoms. The van der Waals surface area contributed by atoms with Crippen molar-refractivity contribution in [1.82, 2.24) is 0 Å². The molecule has 2 heteroatoms. The summed E-state index contributed by atoms with van der Waals surface area (Å²) < 4.78 is 5.03. The highest BCUT2D eigenvalue weighted by atomic mass is 16.5. The lowest BCUT2D eigenvalue weighted by Crippen LogP contribution is -1.97. The Hall–Kier alpha value is -2.09. The van der Waals surface area contributed by atoms with E-state index in [9.17, 15) is 4.79 Å². The number of ether oxygens (including phenoxy) is 1. The first-order chi connectivity index (χ1) is 8.83. The lowest BCUT2D eigenvalue weighted by atomic mass is 9.94. The van der Waals surface area contributed by atoms with Crippen molar-refractivity contribution >= 4 is 5.97 Å². The third-order valence-corrected chi connectivity index (χ3v) is 3.32. The first kappa shape index (κ1) is 11.0. The third kappa shape index (κ3) is 2.14. The van der Waals surface area contributed by atoms with Gasteiger partial charge in [-0.25, -0.2) is 0 Å². The average molecular weight is 238 g/mol. The van der Waals surface area contributed by atoms with Crippen molar-refractivity contribution in [3.8, 4) is 11.1 Å². The normalized spacial score (nSPS) is 18.7. The number of cyclic esters (lactones) is 1. The van der Waals surface area contributed by atoms with Gasteiger partial charge < -0.3 is 4.74 Å². The van der Waals surface area contributed by atoms with Gasteiger partial charge in [0, 0.05) is 5.92 Å². The third-order valence-electron chi connectivity index (χ3n) is 3.32. The van der Waals surface area contributed by atoms with Gasteiger partial charge in [-0.15, -0.1) is 0 Å². The average Bonchev–Trinajstić information content (AvgIpc) is 2.87. The van der Waals surface area contributed by atoms with Gasteiger partial charge in [0.2, 0.25) is 0 Å². The van der Waals surface area contributed by atoms with Crippen LogP contribution in [-0.2, 0) is 9.53 Å². The van der Waals surface area contributed by atoms with Crippen molar-refractivity contribution in [2.45, 2.75) is 12.3 Å². The van der Waals surface area contributed by atoms with Gasteiger partial charge in [0.1, 0.15) is 0 Å². The molecule has 0 aliphatic carbocycles. The topological polar surface area (TPSA) is 26.3 Å². The van der Waals surface area contributed by atoms with Crippen molar-refractivity contribution in [2.24, 2.45) is 0 Å². The minimum absolute atomic E-state index is 0.0925. The van der Waals surface area contributed by atoms with Crippen molar-refractivity contribution in [2.75, 3.05) is 6.61 Å². The standard InChI is InChI=1S/C16H14O2/c17-16-10-15(11-18-16)14-8-4-7-13(9-14)12-5-2-1-3-6-12/h1-9,15H,10-11H2. The SMILES string of the molecule is O=C1CC(c2cccc(-c3ccccc3)c2)CO1. The molecule has 1 unspecified atom stereocenters. The molecule has 2 aromatic rings. The van der Waals surface area contributed by atoms with Crippen LogP contribution >= 0.6 is 0 Å². The van der Waals surface area contributed by atoms with Crippen LogP contribution in [0.25, 0.3) is 11.1 Å². The van der Waals surface area contributed by atoms with E-state index < -0.39 is 0 Å². The Balaban J connectivity index is 1.92. The van der Waals surface area contributed by atoms with Crippen LogP contribution in [0.2, 0.25) is 0 Å². The summed E-state index contributed by atoms with van der Waals surface area (Å²) in [4.78, 5) is 11.2. The molecule has 18 heavy (non-hydrogen) atoms. The molecular weight excluding hydrogens is 224 g/mol. The lowest BCUT2D eigenvalue weighted by molar-refractivity contribution is -0.137. The van der Waals surface area contributed by atoms with Gasteiger partial charge in [0.25, 0.3) is 0 Å². The van der Waals surface area contributed by atoms with E-state index in [1.54, 1.807) is 0 Å². The molecule has 0 amide bonds. The number of esters is 1. The number of carbonyl (C=O) groups excluding carboxylic acids is 1. The fourth-order valence-corrected chi connectivity index (χ4v) is 2.33. The lowest BCUT2D eigenvalue weighted by Gasteiger charge is -2.09. The second kappa shape index (κ2) is 4.65. The molecule has 1 saturated heterocycles. The molecule has 2 aromatic carbocycles. The van der Waals surface area contributed by atoms with Gasteiger partial charge in [-0.2, -0.15) is 0 Å². The minimum Gasteiger partial charge on any atom is -0.465 e. The predicted octanol–water partition coefficient (Wildman–Crippen LogP) is 3.38. The maximum atomic E-state index is 11.2. The maximum absolute atomic E-state index is 11.2. The highest BCUT2D eigenvalue weighted by Gasteiger charge is 2.25. The maximum Gasteiger partial charge on any atom is 0.306 e. The van der Waals surface area contributed by atoms with E-state index in [-0.39, 0.29) is 11.9 Å².